The lowest BCUT2D eigenvalue weighted by Crippen LogP contribution is -2.14. The van der Waals surface area contributed by atoms with Gasteiger partial charge in [0.2, 0.25) is 0 Å². The second-order valence-corrected chi connectivity index (χ2v) is 5.18. The zero-order chi connectivity index (χ0) is 17.5. The molecule has 0 aliphatic rings. The fourth-order valence-corrected chi connectivity index (χ4v) is 2.09. The molecular formula is C16H15ClN2O5. The Labute approximate surface area is 143 Å². The zero-order valence-corrected chi connectivity index (χ0v) is 13.6. The molecular weight excluding hydrogens is 336 g/mol. The summed E-state index contributed by atoms with van der Waals surface area (Å²) in [5, 5.41) is 13.9. The second kappa shape index (κ2) is 8.28. The monoisotopic (exact) mass is 350 g/mol. The summed E-state index contributed by atoms with van der Waals surface area (Å²) in [7, 11) is 1.55. The third kappa shape index (κ3) is 4.68. The highest BCUT2D eigenvalue weighted by atomic mass is 35.5. The number of non-ortho nitro benzene ring substituents is 1. The van der Waals surface area contributed by atoms with E-state index in [4.69, 9.17) is 21.1 Å². The molecule has 0 aromatic heterocycles. The average molecular weight is 351 g/mol. The maximum atomic E-state index is 12.3. The van der Waals surface area contributed by atoms with Crippen molar-refractivity contribution in [3.05, 3.63) is 63.2 Å². The predicted octanol–water partition coefficient (Wildman–Crippen LogP) is 3.53. The summed E-state index contributed by atoms with van der Waals surface area (Å²) in [6.07, 6.45) is 0. The van der Waals surface area contributed by atoms with Crippen molar-refractivity contribution in [1.29, 1.82) is 0 Å². The van der Waals surface area contributed by atoms with E-state index in [0.29, 0.717) is 29.7 Å². The molecule has 0 saturated heterocycles. The highest BCUT2D eigenvalue weighted by Crippen LogP contribution is 2.28. The second-order valence-electron chi connectivity index (χ2n) is 4.74. The quantitative estimate of drug-likeness (QED) is 0.468. The molecule has 0 heterocycles. The van der Waals surface area contributed by atoms with Gasteiger partial charge in [-0.25, -0.2) is 0 Å². The highest BCUT2D eigenvalue weighted by Gasteiger charge is 2.14. The molecule has 0 bridgehead atoms. The first-order valence-electron chi connectivity index (χ1n) is 6.98. The number of nitro groups is 1. The van der Waals surface area contributed by atoms with E-state index in [1.165, 1.54) is 24.3 Å². The minimum atomic E-state index is -0.560. The van der Waals surface area contributed by atoms with Gasteiger partial charge in [0.1, 0.15) is 12.4 Å². The first-order chi connectivity index (χ1) is 11.5. The van der Waals surface area contributed by atoms with Gasteiger partial charge in [0, 0.05) is 29.8 Å². The number of hydrogen-bond acceptors (Lipinski definition) is 5. The van der Waals surface area contributed by atoms with Crippen molar-refractivity contribution in [2.75, 3.05) is 25.6 Å². The van der Waals surface area contributed by atoms with Gasteiger partial charge in [0.15, 0.2) is 0 Å². The van der Waals surface area contributed by atoms with Crippen LogP contribution in [0.3, 0.4) is 0 Å². The van der Waals surface area contributed by atoms with Crippen molar-refractivity contribution in [3.63, 3.8) is 0 Å². The van der Waals surface area contributed by atoms with E-state index in [0.717, 1.165) is 0 Å². The van der Waals surface area contributed by atoms with Crippen molar-refractivity contribution < 1.29 is 19.2 Å². The number of carbonyl (C=O) groups is 1. The molecule has 2 aromatic carbocycles. The molecule has 0 radical (unpaired) electrons. The van der Waals surface area contributed by atoms with Crippen LogP contribution in [-0.4, -0.2) is 31.2 Å². The number of ether oxygens (including phenoxy) is 2. The minimum Gasteiger partial charge on any atom is -0.489 e. The van der Waals surface area contributed by atoms with Crippen molar-refractivity contribution in [2.45, 2.75) is 0 Å². The molecule has 2 aromatic rings. The molecule has 8 heteroatoms. The number of anilines is 1. The molecule has 0 fully saturated rings. The largest absolute Gasteiger partial charge is 0.489 e. The van der Waals surface area contributed by atoms with Crippen LogP contribution >= 0.6 is 11.6 Å². The molecule has 0 saturated carbocycles. The van der Waals surface area contributed by atoms with Crippen LogP contribution in [0.15, 0.2) is 42.5 Å². The molecule has 0 aliphatic heterocycles. The maximum absolute atomic E-state index is 12.3. The lowest BCUT2D eigenvalue weighted by molar-refractivity contribution is -0.384. The normalized spacial score (nSPS) is 10.2. The first-order valence-corrected chi connectivity index (χ1v) is 7.36. The number of hydrogen-bond donors (Lipinski definition) is 1. The van der Waals surface area contributed by atoms with Crippen LogP contribution in [0.1, 0.15) is 10.4 Å². The molecule has 126 valence electrons. The van der Waals surface area contributed by atoms with Crippen LogP contribution in [0, 0.1) is 10.1 Å². The topological polar surface area (TPSA) is 90.7 Å². The van der Waals surface area contributed by atoms with Crippen LogP contribution < -0.4 is 10.1 Å². The third-order valence-electron chi connectivity index (χ3n) is 3.05. The van der Waals surface area contributed by atoms with Gasteiger partial charge >= 0.3 is 0 Å². The van der Waals surface area contributed by atoms with Gasteiger partial charge in [-0.2, -0.15) is 0 Å². The fraction of sp³-hybridized carbons (Fsp3) is 0.188. The molecule has 1 N–H and O–H groups in total. The van der Waals surface area contributed by atoms with Crippen LogP contribution in [-0.2, 0) is 4.74 Å². The summed E-state index contributed by atoms with van der Waals surface area (Å²) in [5.41, 5.74) is 0.368. The van der Waals surface area contributed by atoms with Gasteiger partial charge < -0.3 is 14.8 Å². The van der Waals surface area contributed by atoms with Crippen LogP contribution in [0.5, 0.6) is 5.75 Å². The van der Waals surface area contributed by atoms with E-state index < -0.39 is 10.8 Å². The summed E-state index contributed by atoms with van der Waals surface area (Å²) in [6.45, 7) is 0.693. The summed E-state index contributed by atoms with van der Waals surface area (Å²) in [4.78, 5) is 22.6. The lowest BCUT2D eigenvalue weighted by atomic mass is 10.2. The number of benzene rings is 2. The Morgan fingerprint density at radius 2 is 2.04 bits per heavy atom. The molecule has 7 nitrogen and oxygen atoms in total. The molecule has 1 amide bonds. The Morgan fingerprint density at radius 3 is 2.75 bits per heavy atom. The predicted molar refractivity (Wildman–Crippen MR) is 89.9 cm³/mol. The fourth-order valence-electron chi connectivity index (χ4n) is 1.92. The Bertz CT molecular complexity index is 751. The molecule has 0 spiro atoms. The molecule has 24 heavy (non-hydrogen) atoms. The standard InChI is InChI=1S/C16H15ClN2O5/c1-23-7-8-24-15-6-5-12(17)10-14(15)18-16(20)11-3-2-4-13(9-11)19(21)22/h2-6,9-10H,7-8H2,1H3,(H,18,20). The summed E-state index contributed by atoms with van der Waals surface area (Å²) >= 11 is 5.95. The minimum absolute atomic E-state index is 0.159. The SMILES string of the molecule is COCCOc1ccc(Cl)cc1NC(=O)c1cccc([N+](=O)[O-])c1. The number of nitrogens with zero attached hydrogens (tertiary/aromatic N) is 1. The number of nitro benzene ring substituents is 1. The van der Waals surface area contributed by atoms with Crippen molar-refractivity contribution in [3.8, 4) is 5.75 Å². The number of carbonyl (C=O) groups excluding carboxylic acids is 1. The van der Waals surface area contributed by atoms with E-state index in [1.807, 2.05) is 0 Å². The Balaban J connectivity index is 2.20. The van der Waals surface area contributed by atoms with Gasteiger partial charge in [-0.3, -0.25) is 14.9 Å². The van der Waals surface area contributed by atoms with Gasteiger partial charge in [0.25, 0.3) is 11.6 Å². The molecule has 0 unspecified atom stereocenters. The van der Waals surface area contributed by atoms with Crippen molar-refractivity contribution >= 4 is 28.9 Å². The van der Waals surface area contributed by atoms with Crippen LogP contribution in [0.2, 0.25) is 5.02 Å². The zero-order valence-electron chi connectivity index (χ0n) is 12.8. The third-order valence-corrected chi connectivity index (χ3v) is 3.29. The van der Waals surface area contributed by atoms with Crippen molar-refractivity contribution in [2.24, 2.45) is 0 Å². The Morgan fingerprint density at radius 1 is 1.25 bits per heavy atom. The number of amides is 1. The number of halogens is 1. The van der Waals surface area contributed by atoms with E-state index in [1.54, 1.807) is 25.3 Å². The summed E-state index contributed by atoms with van der Waals surface area (Å²) in [6, 6.07) is 10.2. The molecule has 0 aliphatic carbocycles. The Kier molecular flexibility index (Phi) is 6.11. The van der Waals surface area contributed by atoms with Crippen molar-refractivity contribution in [1.82, 2.24) is 0 Å². The van der Waals surface area contributed by atoms with Crippen LogP contribution in [0.4, 0.5) is 11.4 Å². The van der Waals surface area contributed by atoms with Gasteiger partial charge in [-0.1, -0.05) is 17.7 Å². The summed E-state index contributed by atoms with van der Waals surface area (Å²) < 4.78 is 10.4. The highest BCUT2D eigenvalue weighted by molar-refractivity contribution is 6.31. The van der Waals surface area contributed by atoms with Gasteiger partial charge in [0.05, 0.1) is 17.2 Å². The van der Waals surface area contributed by atoms with Gasteiger partial charge in [-0.15, -0.1) is 0 Å². The summed E-state index contributed by atoms with van der Waals surface area (Å²) in [5.74, 6) is -0.0761. The average Bonchev–Trinajstić information content (AvgIpc) is 2.57. The lowest BCUT2D eigenvalue weighted by Gasteiger charge is -2.13. The van der Waals surface area contributed by atoms with Gasteiger partial charge in [-0.05, 0) is 24.3 Å². The maximum Gasteiger partial charge on any atom is 0.270 e. The van der Waals surface area contributed by atoms with E-state index in [2.05, 4.69) is 5.32 Å². The van der Waals surface area contributed by atoms with Crippen LogP contribution in [0.25, 0.3) is 0 Å². The number of rotatable bonds is 7. The number of nitrogens with one attached hydrogen (secondary N) is 1. The molecule has 2 rings (SSSR count). The Hall–Kier alpha value is -2.64. The first kappa shape index (κ1) is 17.7. The van der Waals surface area contributed by atoms with E-state index >= 15 is 0 Å². The molecule has 0 atom stereocenters. The smallest absolute Gasteiger partial charge is 0.270 e. The number of methoxy groups -OCH3 is 1. The van der Waals surface area contributed by atoms with E-state index in [-0.39, 0.29) is 11.3 Å². The van der Waals surface area contributed by atoms with E-state index in [9.17, 15) is 14.9 Å².